The summed E-state index contributed by atoms with van der Waals surface area (Å²) in [6, 6.07) is 0. The molecule has 4 heteroatoms. The Morgan fingerprint density at radius 3 is 2.65 bits per heavy atom. The molecule has 1 heterocycles. The maximum atomic E-state index is 12.3. The summed E-state index contributed by atoms with van der Waals surface area (Å²) in [5, 5.41) is 3.35. The van der Waals surface area contributed by atoms with Crippen LogP contribution in [0.2, 0.25) is 0 Å². The van der Waals surface area contributed by atoms with Crippen LogP contribution in [0.3, 0.4) is 0 Å². The molecule has 1 saturated carbocycles. The number of methoxy groups -OCH3 is 1. The van der Waals surface area contributed by atoms with E-state index < -0.39 is 0 Å². The fourth-order valence-corrected chi connectivity index (χ4v) is 4.23. The number of carbonyl (C=O) groups is 1. The normalized spacial score (nSPS) is 38.0. The molecule has 2 fully saturated rings. The van der Waals surface area contributed by atoms with Gasteiger partial charge in [0.2, 0.25) is 5.91 Å². The number of carbonyl (C=O) groups excluding carboxylic acids is 1. The van der Waals surface area contributed by atoms with Crippen molar-refractivity contribution in [2.75, 3.05) is 13.7 Å². The number of rotatable bonds is 4. The molecule has 4 nitrogen and oxygen atoms in total. The largest absolute Gasteiger partial charge is 0.384 e. The molecule has 5 atom stereocenters. The highest BCUT2D eigenvalue weighted by molar-refractivity contribution is 5.77. The smallest absolute Gasteiger partial charge is 0.222 e. The highest BCUT2D eigenvalue weighted by atomic mass is 16.5. The van der Waals surface area contributed by atoms with Gasteiger partial charge in [-0.15, -0.1) is 0 Å². The Balaban J connectivity index is 2.17. The quantitative estimate of drug-likeness (QED) is 0.860. The molecule has 1 aliphatic carbocycles. The Kier molecular flexibility index (Phi) is 5.78. The van der Waals surface area contributed by atoms with Crippen molar-refractivity contribution in [1.29, 1.82) is 0 Å². The third-order valence-electron chi connectivity index (χ3n) is 5.74. The van der Waals surface area contributed by atoms with Crippen molar-refractivity contribution in [1.82, 2.24) is 5.32 Å². The van der Waals surface area contributed by atoms with Crippen LogP contribution in [0.5, 0.6) is 0 Å². The lowest BCUT2D eigenvalue weighted by atomic mass is 9.65. The van der Waals surface area contributed by atoms with Gasteiger partial charge in [-0.2, -0.15) is 0 Å². The minimum atomic E-state index is -0.175. The van der Waals surface area contributed by atoms with Crippen LogP contribution in [-0.4, -0.2) is 37.4 Å². The van der Waals surface area contributed by atoms with Crippen molar-refractivity contribution in [2.45, 2.75) is 84.5 Å². The van der Waals surface area contributed by atoms with Gasteiger partial charge >= 0.3 is 0 Å². The topological polar surface area (TPSA) is 47.6 Å². The standard InChI is InChI=1S/C19H35NO3/c1-13-7-8-14-15(11-13)23-16(18(2,3)4)12-19(14,5)20-17(21)9-10-22-6/h13-16H,7-12H2,1-6H3,(H,20,21)/t13-,14-,15-,16-,19-/m1/s1. The zero-order chi connectivity index (χ0) is 17.3. The van der Waals surface area contributed by atoms with Gasteiger partial charge in [0.15, 0.2) is 0 Å². The summed E-state index contributed by atoms with van der Waals surface area (Å²) in [6.45, 7) is 11.7. The van der Waals surface area contributed by atoms with Crippen LogP contribution < -0.4 is 5.32 Å². The summed E-state index contributed by atoms with van der Waals surface area (Å²) < 4.78 is 11.6. The second-order valence-corrected chi connectivity index (χ2v) is 8.97. The van der Waals surface area contributed by atoms with E-state index in [2.05, 4.69) is 39.9 Å². The van der Waals surface area contributed by atoms with Gasteiger partial charge in [0, 0.05) is 25.0 Å². The van der Waals surface area contributed by atoms with Gasteiger partial charge in [-0.1, -0.05) is 34.1 Å². The SMILES string of the molecule is COCCC(=O)N[C@]1(C)C[C@H](C(C)(C)C)O[C@@H]2C[C@H](C)CC[C@H]21. The maximum absolute atomic E-state index is 12.3. The van der Waals surface area contributed by atoms with Crippen molar-refractivity contribution in [3.63, 3.8) is 0 Å². The van der Waals surface area contributed by atoms with Crippen molar-refractivity contribution < 1.29 is 14.3 Å². The monoisotopic (exact) mass is 325 g/mol. The van der Waals surface area contributed by atoms with Crippen LogP contribution in [0.15, 0.2) is 0 Å². The molecule has 1 N–H and O–H groups in total. The predicted molar refractivity (Wildman–Crippen MR) is 92.3 cm³/mol. The Morgan fingerprint density at radius 1 is 1.35 bits per heavy atom. The maximum Gasteiger partial charge on any atom is 0.222 e. The Labute approximate surface area is 141 Å². The molecular weight excluding hydrogens is 290 g/mol. The molecule has 0 aromatic heterocycles. The summed E-state index contributed by atoms with van der Waals surface area (Å²) in [4.78, 5) is 12.3. The summed E-state index contributed by atoms with van der Waals surface area (Å²) in [7, 11) is 1.64. The highest BCUT2D eigenvalue weighted by Gasteiger charge is 2.51. The van der Waals surface area contributed by atoms with Crippen molar-refractivity contribution in [3.8, 4) is 0 Å². The van der Waals surface area contributed by atoms with Gasteiger partial charge in [-0.05, 0) is 37.5 Å². The second-order valence-electron chi connectivity index (χ2n) is 8.97. The summed E-state index contributed by atoms with van der Waals surface area (Å²) in [5.41, 5.74) is -0.0873. The van der Waals surface area contributed by atoms with Crippen LogP contribution in [0.4, 0.5) is 0 Å². The van der Waals surface area contributed by atoms with Crippen molar-refractivity contribution in [2.24, 2.45) is 17.3 Å². The van der Waals surface area contributed by atoms with Crippen LogP contribution >= 0.6 is 0 Å². The number of hydrogen-bond acceptors (Lipinski definition) is 3. The van der Waals surface area contributed by atoms with E-state index in [1.807, 2.05) is 0 Å². The van der Waals surface area contributed by atoms with E-state index in [1.54, 1.807) is 7.11 Å². The fraction of sp³-hybridized carbons (Fsp3) is 0.947. The number of nitrogens with one attached hydrogen (secondary N) is 1. The third kappa shape index (κ3) is 4.48. The average Bonchev–Trinajstić information content (AvgIpc) is 2.43. The van der Waals surface area contributed by atoms with Crippen molar-refractivity contribution >= 4 is 5.91 Å². The van der Waals surface area contributed by atoms with Crippen LogP contribution in [0.25, 0.3) is 0 Å². The van der Waals surface area contributed by atoms with E-state index >= 15 is 0 Å². The molecule has 2 aliphatic rings. The molecule has 0 unspecified atom stereocenters. The lowest BCUT2D eigenvalue weighted by molar-refractivity contribution is -0.177. The molecule has 0 aromatic carbocycles. The minimum Gasteiger partial charge on any atom is -0.384 e. The highest BCUT2D eigenvalue weighted by Crippen LogP contribution is 2.47. The van der Waals surface area contributed by atoms with Gasteiger partial charge in [0.05, 0.1) is 18.8 Å². The number of fused-ring (bicyclic) bond motifs is 1. The minimum absolute atomic E-state index is 0.0875. The summed E-state index contributed by atoms with van der Waals surface area (Å²) in [5.74, 6) is 1.23. The fourth-order valence-electron chi connectivity index (χ4n) is 4.23. The summed E-state index contributed by atoms with van der Waals surface area (Å²) in [6.07, 6.45) is 5.26. The molecule has 1 saturated heterocycles. The lowest BCUT2D eigenvalue weighted by Crippen LogP contribution is -2.63. The average molecular weight is 325 g/mol. The molecular formula is C19H35NO3. The number of ether oxygens (including phenoxy) is 2. The van der Waals surface area contributed by atoms with Gasteiger partial charge < -0.3 is 14.8 Å². The molecule has 1 aliphatic heterocycles. The van der Waals surface area contributed by atoms with E-state index in [4.69, 9.17) is 9.47 Å². The van der Waals surface area contributed by atoms with E-state index in [9.17, 15) is 4.79 Å². The van der Waals surface area contributed by atoms with Crippen LogP contribution in [0, 0.1) is 17.3 Å². The number of hydrogen-bond donors (Lipinski definition) is 1. The molecule has 0 aromatic rings. The van der Waals surface area contributed by atoms with Crippen molar-refractivity contribution in [3.05, 3.63) is 0 Å². The Morgan fingerprint density at radius 2 is 2.04 bits per heavy atom. The van der Waals surface area contributed by atoms with Gasteiger partial charge in [-0.25, -0.2) is 0 Å². The Bertz CT molecular complexity index is 417. The van der Waals surface area contributed by atoms with Crippen LogP contribution in [0.1, 0.15) is 66.7 Å². The molecule has 134 valence electrons. The van der Waals surface area contributed by atoms with E-state index in [0.717, 1.165) is 19.3 Å². The molecule has 0 spiro atoms. The van der Waals surface area contributed by atoms with Gasteiger partial charge in [-0.3, -0.25) is 4.79 Å². The second kappa shape index (κ2) is 7.10. The first-order valence-corrected chi connectivity index (χ1v) is 9.11. The first-order chi connectivity index (χ1) is 10.7. The molecule has 1 amide bonds. The predicted octanol–water partition coefficient (Wildman–Crippen LogP) is 3.54. The van der Waals surface area contributed by atoms with Gasteiger partial charge in [0.1, 0.15) is 0 Å². The van der Waals surface area contributed by atoms with Gasteiger partial charge in [0.25, 0.3) is 0 Å². The zero-order valence-corrected chi connectivity index (χ0v) is 15.8. The number of amides is 1. The summed E-state index contributed by atoms with van der Waals surface area (Å²) >= 11 is 0. The molecule has 23 heavy (non-hydrogen) atoms. The van der Waals surface area contributed by atoms with E-state index in [-0.39, 0.29) is 29.1 Å². The Hall–Kier alpha value is -0.610. The van der Waals surface area contributed by atoms with E-state index in [0.29, 0.717) is 24.9 Å². The first kappa shape index (κ1) is 18.7. The first-order valence-electron chi connectivity index (χ1n) is 9.11. The molecule has 0 bridgehead atoms. The molecule has 2 rings (SSSR count). The molecule has 0 radical (unpaired) electrons. The van der Waals surface area contributed by atoms with E-state index in [1.165, 1.54) is 6.42 Å². The van der Waals surface area contributed by atoms with Crippen LogP contribution in [-0.2, 0) is 14.3 Å². The zero-order valence-electron chi connectivity index (χ0n) is 15.8. The third-order valence-corrected chi connectivity index (χ3v) is 5.74. The lowest BCUT2D eigenvalue weighted by Gasteiger charge is -2.54.